The zero-order chi connectivity index (χ0) is 10.7. The summed E-state index contributed by atoms with van der Waals surface area (Å²) in [6.07, 6.45) is 0. The monoisotopic (exact) mass is 259 g/mol. The van der Waals surface area contributed by atoms with E-state index in [1.165, 1.54) is 0 Å². The van der Waals surface area contributed by atoms with E-state index >= 15 is 0 Å². The van der Waals surface area contributed by atoms with Gasteiger partial charge in [-0.25, -0.2) is 4.39 Å². The number of halogens is 2. The zero-order valence-corrected chi connectivity index (χ0v) is 10.2. The first-order chi connectivity index (χ1) is 6.50. The van der Waals surface area contributed by atoms with Gasteiger partial charge in [0.1, 0.15) is 5.82 Å². The highest BCUT2D eigenvalue weighted by Gasteiger charge is 2.08. The third-order valence-corrected chi connectivity index (χ3v) is 2.67. The van der Waals surface area contributed by atoms with Gasteiger partial charge in [0, 0.05) is 12.1 Å². The summed E-state index contributed by atoms with van der Waals surface area (Å²) in [4.78, 5) is 0. The fourth-order valence-corrected chi connectivity index (χ4v) is 1.62. The van der Waals surface area contributed by atoms with Crippen LogP contribution in [0, 0.1) is 5.82 Å². The maximum absolute atomic E-state index is 13.2. The van der Waals surface area contributed by atoms with Crippen molar-refractivity contribution < 1.29 is 4.39 Å². The first kappa shape index (κ1) is 11.7. The molecule has 3 heteroatoms. The summed E-state index contributed by atoms with van der Waals surface area (Å²) in [7, 11) is 0. The molecular formula is C11H15BrFN. The summed E-state index contributed by atoms with van der Waals surface area (Å²) < 4.78 is 13.7. The second-order valence-electron chi connectivity index (χ2n) is 3.72. The maximum atomic E-state index is 13.2. The van der Waals surface area contributed by atoms with Crippen LogP contribution in [-0.4, -0.2) is 6.04 Å². The Morgan fingerprint density at radius 3 is 2.43 bits per heavy atom. The van der Waals surface area contributed by atoms with Gasteiger partial charge in [0.05, 0.1) is 4.47 Å². The van der Waals surface area contributed by atoms with Crippen molar-refractivity contribution in [3.63, 3.8) is 0 Å². The van der Waals surface area contributed by atoms with E-state index in [1.807, 2.05) is 13.0 Å². The van der Waals surface area contributed by atoms with Crippen molar-refractivity contribution in [1.82, 2.24) is 5.32 Å². The smallest absolute Gasteiger partial charge is 0.137 e. The van der Waals surface area contributed by atoms with Crippen LogP contribution in [0.3, 0.4) is 0 Å². The molecule has 0 saturated heterocycles. The van der Waals surface area contributed by atoms with Gasteiger partial charge in [-0.2, -0.15) is 0 Å². The highest BCUT2D eigenvalue weighted by atomic mass is 79.9. The summed E-state index contributed by atoms with van der Waals surface area (Å²) in [6.45, 7) is 6.18. The van der Waals surface area contributed by atoms with Crippen LogP contribution >= 0.6 is 15.9 Å². The summed E-state index contributed by atoms with van der Waals surface area (Å²) >= 11 is 3.13. The highest BCUT2D eigenvalue weighted by Crippen LogP contribution is 2.20. The van der Waals surface area contributed by atoms with Crippen molar-refractivity contribution in [1.29, 1.82) is 0 Å². The number of hydrogen-bond donors (Lipinski definition) is 1. The quantitative estimate of drug-likeness (QED) is 0.874. The van der Waals surface area contributed by atoms with E-state index in [4.69, 9.17) is 0 Å². The van der Waals surface area contributed by atoms with Gasteiger partial charge in [-0.1, -0.05) is 19.9 Å². The minimum atomic E-state index is -0.208. The van der Waals surface area contributed by atoms with Crippen molar-refractivity contribution in [3.05, 3.63) is 34.1 Å². The lowest BCUT2D eigenvalue weighted by molar-refractivity contribution is 0.503. The molecule has 1 aromatic carbocycles. The van der Waals surface area contributed by atoms with Gasteiger partial charge in [0.25, 0.3) is 0 Å². The van der Waals surface area contributed by atoms with E-state index in [0.717, 1.165) is 5.56 Å². The lowest BCUT2D eigenvalue weighted by atomic mass is 10.1. The van der Waals surface area contributed by atoms with Crippen LogP contribution in [0.2, 0.25) is 0 Å². The number of benzene rings is 1. The Hall–Kier alpha value is -0.410. The molecule has 1 rings (SSSR count). The van der Waals surface area contributed by atoms with Crippen molar-refractivity contribution in [2.75, 3.05) is 0 Å². The second-order valence-corrected chi connectivity index (χ2v) is 4.57. The van der Waals surface area contributed by atoms with Gasteiger partial charge in [-0.3, -0.25) is 0 Å². The van der Waals surface area contributed by atoms with E-state index < -0.39 is 0 Å². The number of rotatable bonds is 3. The Morgan fingerprint density at radius 2 is 1.93 bits per heavy atom. The molecule has 1 atom stereocenters. The van der Waals surface area contributed by atoms with Crippen LogP contribution in [0.25, 0.3) is 0 Å². The fraction of sp³-hybridized carbons (Fsp3) is 0.455. The van der Waals surface area contributed by atoms with E-state index in [-0.39, 0.29) is 11.9 Å². The Morgan fingerprint density at radius 1 is 1.29 bits per heavy atom. The van der Waals surface area contributed by atoms with Crippen molar-refractivity contribution in [3.8, 4) is 0 Å². The van der Waals surface area contributed by atoms with E-state index in [2.05, 4.69) is 35.1 Å². The molecule has 1 N–H and O–H groups in total. The average molecular weight is 260 g/mol. The van der Waals surface area contributed by atoms with Gasteiger partial charge in [0.2, 0.25) is 0 Å². The molecule has 0 radical (unpaired) electrons. The van der Waals surface area contributed by atoms with Crippen LogP contribution < -0.4 is 5.32 Å². The number of nitrogens with one attached hydrogen (secondary N) is 1. The molecule has 14 heavy (non-hydrogen) atoms. The van der Waals surface area contributed by atoms with Gasteiger partial charge in [0.15, 0.2) is 0 Å². The first-order valence-corrected chi connectivity index (χ1v) is 5.51. The zero-order valence-electron chi connectivity index (χ0n) is 8.64. The summed E-state index contributed by atoms with van der Waals surface area (Å²) in [5.41, 5.74) is 0.972. The SMILES string of the molecule is CC(C)NC(C)c1ccc(Br)c(F)c1. The average Bonchev–Trinajstić information content (AvgIpc) is 2.08. The van der Waals surface area contributed by atoms with Crippen LogP contribution in [0.15, 0.2) is 22.7 Å². The predicted octanol–water partition coefficient (Wildman–Crippen LogP) is 3.65. The molecule has 1 nitrogen and oxygen atoms in total. The molecule has 1 unspecified atom stereocenters. The van der Waals surface area contributed by atoms with Gasteiger partial charge in [-0.05, 0) is 40.5 Å². The molecule has 0 aliphatic heterocycles. The third-order valence-electron chi connectivity index (χ3n) is 2.03. The lowest BCUT2D eigenvalue weighted by Crippen LogP contribution is -2.26. The van der Waals surface area contributed by atoms with Gasteiger partial charge < -0.3 is 5.32 Å². The Labute approximate surface area is 92.8 Å². The van der Waals surface area contributed by atoms with Gasteiger partial charge in [-0.15, -0.1) is 0 Å². The van der Waals surface area contributed by atoms with Crippen molar-refractivity contribution in [2.24, 2.45) is 0 Å². The van der Waals surface area contributed by atoms with E-state index in [1.54, 1.807) is 12.1 Å². The molecule has 0 aliphatic rings. The van der Waals surface area contributed by atoms with Crippen LogP contribution in [-0.2, 0) is 0 Å². The van der Waals surface area contributed by atoms with Crippen LogP contribution in [0.4, 0.5) is 4.39 Å². The molecule has 0 saturated carbocycles. The third kappa shape index (κ3) is 3.07. The Bertz CT molecular complexity index is 312. The summed E-state index contributed by atoms with van der Waals surface area (Å²) in [5.74, 6) is -0.208. The largest absolute Gasteiger partial charge is 0.308 e. The molecule has 0 aromatic heterocycles. The number of hydrogen-bond acceptors (Lipinski definition) is 1. The highest BCUT2D eigenvalue weighted by molar-refractivity contribution is 9.10. The van der Waals surface area contributed by atoms with Crippen molar-refractivity contribution in [2.45, 2.75) is 32.9 Å². The standard InChI is InChI=1S/C11H15BrFN/c1-7(2)14-8(3)9-4-5-10(12)11(13)6-9/h4-8,14H,1-3H3. The maximum Gasteiger partial charge on any atom is 0.137 e. The molecular weight excluding hydrogens is 245 g/mol. The van der Waals surface area contributed by atoms with Crippen molar-refractivity contribution >= 4 is 15.9 Å². The lowest BCUT2D eigenvalue weighted by Gasteiger charge is -2.17. The molecule has 0 bridgehead atoms. The minimum absolute atomic E-state index is 0.178. The fourth-order valence-electron chi connectivity index (χ4n) is 1.38. The second kappa shape index (κ2) is 4.89. The minimum Gasteiger partial charge on any atom is -0.308 e. The Kier molecular flexibility index (Phi) is 4.08. The Balaban J connectivity index is 2.80. The molecule has 0 aliphatic carbocycles. The molecule has 1 aromatic rings. The summed E-state index contributed by atoms with van der Waals surface area (Å²) in [6, 6.07) is 5.80. The first-order valence-electron chi connectivity index (χ1n) is 4.71. The van der Waals surface area contributed by atoms with Crippen LogP contribution in [0.1, 0.15) is 32.4 Å². The molecule has 0 amide bonds. The predicted molar refractivity (Wildman–Crippen MR) is 60.8 cm³/mol. The van der Waals surface area contributed by atoms with E-state index in [0.29, 0.717) is 10.5 Å². The topological polar surface area (TPSA) is 12.0 Å². The molecule has 78 valence electrons. The van der Waals surface area contributed by atoms with Crippen LogP contribution in [0.5, 0.6) is 0 Å². The normalized spacial score (nSPS) is 13.3. The van der Waals surface area contributed by atoms with E-state index in [9.17, 15) is 4.39 Å². The molecule has 0 spiro atoms. The molecule has 0 fully saturated rings. The van der Waals surface area contributed by atoms with Gasteiger partial charge >= 0.3 is 0 Å². The molecule has 0 heterocycles. The summed E-state index contributed by atoms with van der Waals surface area (Å²) in [5, 5.41) is 3.32.